The minimum absolute atomic E-state index is 0.0190. The number of aliphatic hydroxyl groups excluding tert-OH is 1. The molecule has 0 bridgehead atoms. The summed E-state index contributed by atoms with van der Waals surface area (Å²) < 4.78 is 1.86. The van der Waals surface area contributed by atoms with Crippen molar-refractivity contribution in [2.45, 2.75) is 13.1 Å². The lowest BCUT2D eigenvalue weighted by Crippen LogP contribution is -2.30. The first kappa shape index (κ1) is 27.9. The summed E-state index contributed by atoms with van der Waals surface area (Å²) in [4.78, 5) is 52.7. The fourth-order valence-electron chi connectivity index (χ4n) is 4.64. The van der Waals surface area contributed by atoms with E-state index in [0.717, 1.165) is 9.13 Å². The van der Waals surface area contributed by atoms with Crippen LogP contribution in [0, 0.1) is 4.77 Å². The number of aromatic nitrogens is 2. The molecule has 1 aliphatic heterocycles. The molecule has 12 heteroatoms. The molecule has 42 heavy (non-hydrogen) atoms. The highest BCUT2D eigenvalue weighted by molar-refractivity contribution is 7.71. The molecule has 0 amide bonds. The second-order valence-corrected chi connectivity index (χ2v) is 9.61. The van der Waals surface area contributed by atoms with Crippen LogP contribution in [0.5, 0.6) is 5.88 Å². The molecule has 2 aliphatic rings. The number of nitrogens with zero attached hydrogens (tertiary/aromatic N) is 3. The molecule has 0 fully saturated rings. The number of imidazole rings is 1. The first-order chi connectivity index (χ1) is 20.1. The standard InChI is InChI=1S/C30H21N3O8S/c34-22-13-17-7-4-5-8-20(17)31-26(22)25-27(39)18-11-10-16(12-19(18)28(25)40)6-2-1-3-9-21-29(41)33(15-24(37)38)30(42)32(21)14-23(35)36/h1-13,39,41H,14-15H2,(H,35,36)(H,37,38). The first-order valence-corrected chi connectivity index (χ1v) is 12.8. The number of Topliss-reactive ketones (excluding diaryl/α,β-unsaturated/α-hetero) is 2. The average Bonchev–Trinajstić information content (AvgIpc) is 3.31. The van der Waals surface area contributed by atoms with Gasteiger partial charge in [0.15, 0.2) is 10.6 Å². The number of rotatable bonds is 7. The summed E-state index contributed by atoms with van der Waals surface area (Å²) >= 11 is 5.14. The molecule has 0 saturated carbocycles. The van der Waals surface area contributed by atoms with Gasteiger partial charge in [0.25, 0.3) is 0 Å². The third-order valence-electron chi connectivity index (χ3n) is 6.52. The van der Waals surface area contributed by atoms with Crippen molar-refractivity contribution in [2.24, 2.45) is 4.99 Å². The number of hydrogen-bond acceptors (Lipinski definition) is 8. The molecule has 0 radical (unpaired) electrons. The van der Waals surface area contributed by atoms with Gasteiger partial charge in [-0.25, -0.2) is 4.99 Å². The van der Waals surface area contributed by atoms with Gasteiger partial charge >= 0.3 is 11.9 Å². The van der Waals surface area contributed by atoms with Crippen LogP contribution in [0.1, 0.15) is 16.1 Å². The Bertz CT molecular complexity index is 2130. The Hall–Kier alpha value is -5.62. The molecule has 5 rings (SSSR count). The summed E-state index contributed by atoms with van der Waals surface area (Å²) in [5.74, 6) is -4.29. The number of carboxylic acids is 2. The van der Waals surface area contributed by atoms with Crippen LogP contribution in [-0.2, 0) is 27.5 Å². The van der Waals surface area contributed by atoms with E-state index in [9.17, 15) is 34.5 Å². The Balaban J connectivity index is 1.44. The number of hydrogen-bond donors (Lipinski definition) is 4. The zero-order chi connectivity index (χ0) is 30.1. The smallest absolute Gasteiger partial charge is 0.323 e. The van der Waals surface area contributed by atoms with Gasteiger partial charge in [-0.3, -0.25) is 23.7 Å². The largest absolute Gasteiger partial charge is 0.506 e. The maximum Gasteiger partial charge on any atom is 0.323 e. The Morgan fingerprint density at radius 2 is 1.64 bits per heavy atom. The SMILES string of the molecule is O=C(O)Cn1c(O)c(C=CC=CC=c2ccc3c(c2)C(=O)C(=C2N=c4ccccc4=CC2=O)C=3O)n(CC(=O)O)c1=S. The van der Waals surface area contributed by atoms with Crippen LogP contribution in [0.4, 0.5) is 0 Å². The van der Waals surface area contributed by atoms with E-state index in [1.54, 1.807) is 60.7 Å². The minimum atomic E-state index is -1.26. The zero-order valence-electron chi connectivity index (χ0n) is 21.6. The summed E-state index contributed by atoms with van der Waals surface area (Å²) in [5.41, 5.74) is -0.0370. The summed E-state index contributed by atoms with van der Waals surface area (Å²) in [5, 5.41) is 41.6. The van der Waals surface area contributed by atoms with Crippen LogP contribution in [-0.4, -0.2) is 53.1 Å². The predicted molar refractivity (Wildman–Crippen MR) is 153 cm³/mol. The Kier molecular flexibility index (Phi) is 7.38. The highest BCUT2D eigenvalue weighted by Crippen LogP contribution is 2.25. The van der Waals surface area contributed by atoms with E-state index in [1.165, 1.54) is 18.2 Å². The van der Waals surface area contributed by atoms with Crippen LogP contribution in [0.2, 0.25) is 0 Å². The Morgan fingerprint density at radius 1 is 0.929 bits per heavy atom. The molecule has 2 heterocycles. The lowest BCUT2D eigenvalue weighted by molar-refractivity contribution is -0.138. The van der Waals surface area contributed by atoms with Crippen molar-refractivity contribution in [3.63, 3.8) is 0 Å². The number of benzene rings is 2. The third-order valence-corrected chi connectivity index (χ3v) is 6.96. The van der Waals surface area contributed by atoms with Gasteiger partial charge in [0, 0.05) is 16.0 Å². The fraction of sp³-hybridized carbons (Fsp3) is 0.0667. The van der Waals surface area contributed by atoms with Crippen LogP contribution < -0.4 is 21.0 Å². The minimum Gasteiger partial charge on any atom is -0.506 e. The van der Waals surface area contributed by atoms with Gasteiger partial charge in [-0.1, -0.05) is 48.6 Å². The number of aromatic hydroxyl groups is 1. The summed E-state index contributed by atoms with van der Waals surface area (Å²) in [7, 11) is 0. The highest BCUT2D eigenvalue weighted by Gasteiger charge is 2.32. The highest BCUT2D eigenvalue weighted by atomic mass is 32.1. The maximum atomic E-state index is 13.3. The number of ketones is 2. The van der Waals surface area contributed by atoms with E-state index in [2.05, 4.69) is 4.99 Å². The number of para-hydroxylation sites is 1. The van der Waals surface area contributed by atoms with E-state index in [4.69, 9.17) is 17.3 Å². The molecule has 2 aromatic carbocycles. The fourth-order valence-corrected chi connectivity index (χ4v) is 4.95. The predicted octanol–water partition coefficient (Wildman–Crippen LogP) is 0.744. The molecule has 0 unspecified atom stereocenters. The lowest BCUT2D eigenvalue weighted by Gasteiger charge is -2.07. The van der Waals surface area contributed by atoms with E-state index in [-0.39, 0.29) is 38.3 Å². The Morgan fingerprint density at radius 3 is 2.38 bits per heavy atom. The molecule has 210 valence electrons. The monoisotopic (exact) mass is 583 g/mol. The van der Waals surface area contributed by atoms with Crippen molar-refractivity contribution < 1.29 is 39.6 Å². The van der Waals surface area contributed by atoms with Gasteiger partial charge in [0.2, 0.25) is 11.7 Å². The number of aliphatic hydroxyl groups is 1. The first-order valence-electron chi connectivity index (χ1n) is 12.4. The summed E-state index contributed by atoms with van der Waals surface area (Å²) in [6.07, 6.45) is 9.11. The zero-order valence-corrected chi connectivity index (χ0v) is 22.4. The molecular formula is C30H21N3O8S. The quantitative estimate of drug-likeness (QED) is 0.178. The van der Waals surface area contributed by atoms with Gasteiger partial charge in [0.05, 0.1) is 10.9 Å². The van der Waals surface area contributed by atoms with Crippen molar-refractivity contribution in [3.8, 4) is 5.88 Å². The molecule has 0 saturated heterocycles. The van der Waals surface area contributed by atoms with Gasteiger partial charge < -0.3 is 25.0 Å². The number of carbonyl (C=O) groups is 4. The topological polar surface area (TPSA) is 171 Å². The van der Waals surface area contributed by atoms with Crippen molar-refractivity contribution >= 4 is 59.7 Å². The summed E-state index contributed by atoms with van der Waals surface area (Å²) in [6.45, 7) is -1.22. The number of carboxylic acid groups (broad SMARTS) is 2. The molecule has 4 N–H and O–H groups in total. The van der Waals surface area contributed by atoms with Crippen LogP contribution in [0.25, 0.3) is 24.0 Å². The van der Waals surface area contributed by atoms with Gasteiger partial charge in [-0.2, -0.15) is 0 Å². The van der Waals surface area contributed by atoms with Crippen molar-refractivity contribution in [3.05, 3.63) is 109 Å². The molecule has 1 aliphatic carbocycles. The number of carbonyl (C=O) groups excluding carboxylic acids is 2. The second-order valence-electron chi connectivity index (χ2n) is 9.25. The molecule has 3 aromatic rings. The molecule has 1 aromatic heterocycles. The number of fused-ring (bicyclic) bond motifs is 2. The van der Waals surface area contributed by atoms with Crippen molar-refractivity contribution in [1.29, 1.82) is 0 Å². The molecule has 0 spiro atoms. The third kappa shape index (κ3) is 5.13. The maximum absolute atomic E-state index is 13.3. The van der Waals surface area contributed by atoms with Crippen LogP contribution in [0.15, 0.2) is 77.0 Å². The average molecular weight is 584 g/mol. The van der Waals surface area contributed by atoms with E-state index in [1.807, 2.05) is 0 Å². The van der Waals surface area contributed by atoms with E-state index in [0.29, 0.717) is 15.8 Å². The number of aliphatic carboxylic acids is 2. The molecule has 11 nitrogen and oxygen atoms in total. The number of allylic oxidation sites excluding steroid dienone is 4. The van der Waals surface area contributed by atoms with Crippen molar-refractivity contribution in [1.82, 2.24) is 9.13 Å². The van der Waals surface area contributed by atoms with Crippen molar-refractivity contribution in [2.75, 3.05) is 0 Å². The summed E-state index contributed by atoms with van der Waals surface area (Å²) in [6, 6.07) is 11.8. The van der Waals surface area contributed by atoms with Crippen LogP contribution >= 0.6 is 12.2 Å². The van der Waals surface area contributed by atoms with Gasteiger partial charge in [0.1, 0.15) is 30.2 Å². The lowest BCUT2D eigenvalue weighted by atomic mass is 10.0. The van der Waals surface area contributed by atoms with E-state index >= 15 is 0 Å². The normalized spacial score (nSPS) is 16.6. The second kappa shape index (κ2) is 11.1. The van der Waals surface area contributed by atoms with Gasteiger partial charge in [-0.15, -0.1) is 0 Å². The van der Waals surface area contributed by atoms with Crippen LogP contribution in [0.3, 0.4) is 0 Å². The van der Waals surface area contributed by atoms with E-state index < -0.39 is 42.5 Å². The molecule has 0 atom stereocenters. The van der Waals surface area contributed by atoms with Gasteiger partial charge in [-0.05, 0) is 47.8 Å². The molecular weight excluding hydrogens is 562 g/mol. The Labute approximate surface area is 241 Å².